The molecule has 2 aliphatic heterocycles. The molecule has 0 radical (unpaired) electrons. The predicted octanol–water partition coefficient (Wildman–Crippen LogP) is 2.29. The van der Waals surface area contributed by atoms with E-state index in [9.17, 15) is 0 Å². The van der Waals surface area contributed by atoms with Crippen molar-refractivity contribution in [1.82, 2.24) is 10.6 Å². The third kappa shape index (κ3) is 4.43. The summed E-state index contributed by atoms with van der Waals surface area (Å²) < 4.78 is 0. The van der Waals surface area contributed by atoms with E-state index < -0.39 is 0 Å². The van der Waals surface area contributed by atoms with Crippen LogP contribution in [0.2, 0.25) is 0 Å². The van der Waals surface area contributed by atoms with E-state index in [1.54, 1.807) is 0 Å². The van der Waals surface area contributed by atoms with Gasteiger partial charge in [0.15, 0.2) is 0 Å². The van der Waals surface area contributed by atoms with Crippen molar-refractivity contribution in [1.29, 1.82) is 0 Å². The van der Waals surface area contributed by atoms with E-state index in [1.165, 1.54) is 25.7 Å². The highest BCUT2D eigenvalue weighted by Crippen LogP contribution is 2.10. The molecule has 2 rings (SSSR count). The summed E-state index contributed by atoms with van der Waals surface area (Å²) >= 11 is 0. The summed E-state index contributed by atoms with van der Waals surface area (Å²) in [5.74, 6) is 0. The summed E-state index contributed by atoms with van der Waals surface area (Å²) in [6, 6.07) is 3.09. The highest BCUT2D eigenvalue weighted by molar-refractivity contribution is 4.76. The molecule has 4 unspecified atom stereocenters. The van der Waals surface area contributed by atoms with Gasteiger partial charge in [0, 0.05) is 24.2 Å². The Morgan fingerprint density at radius 2 is 0.786 bits per heavy atom. The third-order valence-corrected chi connectivity index (χ3v) is 3.20. The van der Waals surface area contributed by atoms with Crippen molar-refractivity contribution in [2.24, 2.45) is 0 Å². The van der Waals surface area contributed by atoms with Crippen LogP contribution in [0.5, 0.6) is 0 Å². The first-order valence-electron chi connectivity index (χ1n) is 6.10. The summed E-state index contributed by atoms with van der Waals surface area (Å²) in [4.78, 5) is 0. The molecule has 84 valence electrons. The van der Waals surface area contributed by atoms with Crippen LogP contribution in [0, 0.1) is 0 Å². The number of hydrogen-bond donors (Lipinski definition) is 2. The highest BCUT2D eigenvalue weighted by Gasteiger charge is 2.14. The van der Waals surface area contributed by atoms with Gasteiger partial charge in [-0.25, -0.2) is 0 Å². The van der Waals surface area contributed by atoms with Crippen LogP contribution < -0.4 is 10.6 Å². The maximum absolute atomic E-state index is 3.42. The van der Waals surface area contributed by atoms with E-state index in [2.05, 4.69) is 38.3 Å². The summed E-state index contributed by atoms with van der Waals surface area (Å²) in [6.07, 6.45) is 5.45. The zero-order valence-corrected chi connectivity index (χ0v) is 10.1. The average molecular weight is 198 g/mol. The van der Waals surface area contributed by atoms with Crippen LogP contribution in [-0.2, 0) is 0 Å². The van der Waals surface area contributed by atoms with Crippen molar-refractivity contribution in [3.05, 3.63) is 0 Å². The molecular weight excluding hydrogens is 172 g/mol. The lowest BCUT2D eigenvalue weighted by molar-refractivity contribution is 0.596. The Hall–Kier alpha value is -0.0800. The van der Waals surface area contributed by atoms with Gasteiger partial charge in [-0.1, -0.05) is 0 Å². The van der Waals surface area contributed by atoms with Gasteiger partial charge in [-0.05, 0) is 53.4 Å². The molecule has 2 aliphatic rings. The van der Waals surface area contributed by atoms with Gasteiger partial charge >= 0.3 is 0 Å². The molecule has 0 spiro atoms. The Balaban J connectivity index is 0.000000140. The Morgan fingerprint density at radius 3 is 0.857 bits per heavy atom. The zero-order valence-electron chi connectivity index (χ0n) is 10.1. The van der Waals surface area contributed by atoms with Gasteiger partial charge in [-0.3, -0.25) is 0 Å². The Labute approximate surface area is 88.8 Å². The van der Waals surface area contributed by atoms with Crippen molar-refractivity contribution in [2.75, 3.05) is 0 Å². The van der Waals surface area contributed by atoms with Crippen molar-refractivity contribution in [3.63, 3.8) is 0 Å². The van der Waals surface area contributed by atoms with Gasteiger partial charge in [0.1, 0.15) is 0 Å². The molecule has 0 aliphatic carbocycles. The van der Waals surface area contributed by atoms with Crippen LogP contribution in [0.25, 0.3) is 0 Å². The summed E-state index contributed by atoms with van der Waals surface area (Å²) in [6.45, 7) is 8.96. The molecule has 2 fully saturated rings. The topological polar surface area (TPSA) is 24.1 Å². The molecular formula is C12H26N2. The van der Waals surface area contributed by atoms with Gasteiger partial charge in [0.05, 0.1) is 0 Å². The number of nitrogens with one attached hydrogen (secondary N) is 2. The maximum Gasteiger partial charge on any atom is 0.00417 e. The second-order valence-electron chi connectivity index (χ2n) is 5.09. The SMILES string of the molecule is CC1CCC(C)N1.CC1CCC(C)N1. The monoisotopic (exact) mass is 198 g/mol. The minimum atomic E-state index is 0.773. The molecule has 0 bridgehead atoms. The van der Waals surface area contributed by atoms with Crippen LogP contribution in [-0.4, -0.2) is 24.2 Å². The second-order valence-corrected chi connectivity index (χ2v) is 5.09. The molecule has 2 saturated heterocycles. The molecule has 2 heteroatoms. The molecule has 0 aromatic heterocycles. The van der Waals surface area contributed by atoms with E-state index in [0.29, 0.717) is 0 Å². The van der Waals surface area contributed by atoms with Crippen LogP contribution in [0.15, 0.2) is 0 Å². The molecule has 14 heavy (non-hydrogen) atoms. The molecule has 2 heterocycles. The first kappa shape index (κ1) is 12.0. The first-order chi connectivity index (χ1) is 6.58. The summed E-state index contributed by atoms with van der Waals surface area (Å²) in [5, 5.41) is 6.83. The Kier molecular flexibility index (Phi) is 4.90. The fraction of sp³-hybridized carbons (Fsp3) is 1.00. The van der Waals surface area contributed by atoms with E-state index in [1.807, 2.05) is 0 Å². The summed E-state index contributed by atoms with van der Waals surface area (Å²) in [5.41, 5.74) is 0. The molecule has 0 aromatic rings. The van der Waals surface area contributed by atoms with Crippen molar-refractivity contribution < 1.29 is 0 Å². The lowest BCUT2D eigenvalue weighted by Gasteiger charge is -2.01. The molecule has 0 saturated carbocycles. The highest BCUT2D eigenvalue weighted by atomic mass is 15.0. The third-order valence-electron chi connectivity index (χ3n) is 3.20. The van der Waals surface area contributed by atoms with Gasteiger partial charge in [-0.15, -0.1) is 0 Å². The average Bonchev–Trinajstić information content (AvgIpc) is 2.63. The van der Waals surface area contributed by atoms with Crippen LogP contribution >= 0.6 is 0 Å². The smallest absolute Gasteiger partial charge is 0.00417 e. The summed E-state index contributed by atoms with van der Waals surface area (Å²) in [7, 11) is 0. The largest absolute Gasteiger partial charge is 0.312 e. The van der Waals surface area contributed by atoms with Crippen molar-refractivity contribution in [2.45, 2.75) is 77.5 Å². The number of hydrogen-bond acceptors (Lipinski definition) is 2. The second kappa shape index (κ2) is 5.72. The van der Waals surface area contributed by atoms with E-state index in [0.717, 1.165) is 24.2 Å². The maximum atomic E-state index is 3.42. The minimum absolute atomic E-state index is 0.773. The fourth-order valence-electron chi connectivity index (χ4n) is 2.30. The van der Waals surface area contributed by atoms with Gasteiger partial charge in [0.25, 0.3) is 0 Å². The first-order valence-corrected chi connectivity index (χ1v) is 6.10. The molecule has 2 nitrogen and oxygen atoms in total. The van der Waals surface area contributed by atoms with E-state index >= 15 is 0 Å². The number of rotatable bonds is 0. The van der Waals surface area contributed by atoms with Gasteiger partial charge < -0.3 is 10.6 Å². The van der Waals surface area contributed by atoms with Crippen molar-refractivity contribution >= 4 is 0 Å². The minimum Gasteiger partial charge on any atom is -0.312 e. The van der Waals surface area contributed by atoms with E-state index in [-0.39, 0.29) is 0 Å². The van der Waals surface area contributed by atoms with Crippen LogP contribution in [0.1, 0.15) is 53.4 Å². The lowest BCUT2D eigenvalue weighted by Crippen LogP contribution is -2.23. The Morgan fingerprint density at radius 1 is 0.571 bits per heavy atom. The van der Waals surface area contributed by atoms with Gasteiger partial charge in [0.2, 0.25) is 0 Å². The standard InChI is InChI=1S/2C6H13N/c2*1-5-3-4-6(2)7-5/h2*5-7H,3-4H2,1-2H3. The van der Waals surface area contributed by atoms with E-state index in [4.69, 9.17) is 0 Å². The van der Waals surface area contributed by atoms with Crippen LogP contribution in [0.3, 0.4) is 0 Å². The molecule has 0 amide bonds. The van der Waals surface area contributed by atoms with Gasteiger partial charge in [-0.2, -0.15) is 0 Å². The van der Waals surface area contributed by atoms with Crippen molar-refractivity contribution in [3.8, 4) is 0 Å². The normalized spacial score (nSPS) is 42.0. The molecule has 2 N–H and O–H groups in total. The lowest BCUT2D eigenvalue weighted by atomic mass is 10.2. The van der Waals surface area contributed by atoms with Crippen LogP contribution in [0.4, 0.5) is 0 Å². The zero-order chi connectivity index (χ0) is 10.6. The Bertz CT molecular complexity index is 124. The quantitative estimate of drug-likeness (QED) is 0.624. The predicted molar refractivity (Wildman–Crippen MR) is 62.6 cm³/mol. The molecule has 0 aromatic carbocycles. The fourth-order valence-corrected chi connectivity index (χ4v) is 2.30. The molecule has 4 atom stereocenters.